The second kappa shape index (κ2) is 10.2. The summed E-state index contributed by atoms with van der Waals surface area (Å²) in [5, 5.41) is 12.2. The molecule has 1 amide bonds. The highest BCUT2D eigenvalue weighted by atomic mass is 16.1. The summed E-state index contributed by atoms with van der Waals surface area (Å²) in [7, 11) is 0. The first-order valence-electron chi connectivity index (χ1n) is 8.81. The fourth-order valence-electron chi connectivity index (χ4n) is 2.92. The van der Waals surface area contributed by atoms with Gasteiger partial charge in [-0.2, -0.15) is 0 Å². The molecule has 27 heavy (non-hydrogen) atoms. The summed E-state index contributed by atoms with van der Waals surface area (Å²) in [5.41, 5.74) is 8.09. The van der Waals surface area contributed by atoms with Gasteiger partial charge in [0.2, 0.25) is 0 Å². The Bertz CT molecular complexity index is 870. The van der Waals surface area contributed by atoms with Crippen molar-refractivity contribution < 1.29 is 4.79 Å². The highest BCUT2D eigenvalue weighted by Crippen LogP contribution is 2.22. The van der Waals surface area contributed by atoms with E-state index >= 15 is 0 Å². The molecule has 0 atom stereocenters. The van der Waals surface area contributed by atoms with Crippen LogP contribution in [0.1, 0.15) is 15.9 Å². The molecule has 0 aliphatic heterocycles. The maximum Gasteiger partial charge on any atom is 0.252 e. The summed E-state index contributed by atoms with van der Waals surface area (Å²) in [6, 6.07) is 11.2. The van der Waals surface area contributed by atoms with E-state index in [1.807, 2.05) is 35.2 Å². The maximum absolute atomic E-state index is 12.8. The van der Waals surface area contributed by atoms with Gasteiger partial charge in [-0.3, -0.25) is 9.69 Å². The van der Waals surface area contributed by atoms with E-state index in [0.717, 1.165) is 21.9 Å². The fraction of sp³-hybridized carbons (Fsp3) is 0.182. The first-order valence-corrected chi connectivity index (χ1v) is 8.81. The number of benzene rings is 2. The van der Waals surface area contributed by atoms with E-state index in [0.29, 0.717) is 31.9 Å². The van der Waals surface area contributed by atoms with Gasteiger partial charge in [0.15, 0.2) is 0 Å². The molecule has 0 bridgehead atoms. The topological polar surface area (TPSA) is 82.2 Å². The second-order valence-electron chi connectivity index (χ2n) is 6.08. The number of allylic oxidation sites excluding steroid dienone is 2. The van der Waals surface area contributed by atoms with Crippen LogP contribution in [0.3, 0.4) is 0 Å². The number of carbonyl (C=O) groups excluding carboxylic acids is 1. The Labute approximate surface area is 160 Å². The van der Waals surface area contributed by atoms with Gasteiger partial charge in [0.1, 0.15) is 0 Å². The Hall–Kier alpha value is -3.02. The van der Waals surface area contributed by atoms with Crippen LogP contribution in [0.5, 0.6) is 0 Å². The molecule has 4 N–H and O–H groups in total. The molecule has 0 radical (unpaired) electrons. The summed E-state index contributed by atoms with van der Waals surface area (Å²) in [6.07, 6.45) is 6.68. The molecule has 0 spiro atoms. The first-order chi connectivity index (χ1) is 13.1. The van der Waals surface area contributed by atoms with E-state index in [-0.39, 0.29) is 5.91 Å². The zero-order valence-corrected chi connectivity index (χ0v) is 15.4. The van der Waals surface area contributed by atoms with Crippen LogP contribution in [-0.4, -0.2) is 43.3 Å². The van der Waals surface area contributed by atoms with Crippen LogP contribution >= 0.6 is 0 Å². The second-order valence-corrected chi connectivity index (χ2v) is 6.08. The van der Waals surface area contributed by atoms with Crippen molar-refractivity contribution in [3.05, 3.63) is 84.5 Å². The standard InChI is InChI=1S/C22H26N4O/c1-3-7-17(4-2)15-26(13-12-23)16-25-22(27)21-11-10-18(14-24)19-8-5-6-9-20(19)21/h3-11,14,24H,1-2,12-13,15-16,23H2,(H,25,27)/b17-7+,24-14?. The minimum absolute atomic E-state index is 0.155. The molecule has 0 fully saturated rings. The Morgan fingerprint density at radius 2 is 1.93 bits per heavy atom. The van der Waals surface area contributed by atoms with Crippen molar-refractivity contribution in [1.82, 2.24) is 10.2 Å². The number of hydrogen-bond donors (Lipinski definition) is 3. The molecule has 2 aromatic rings. The quantitative estimate of drug-likeness (QED) is 0.345. The van der Waals surface area contributed by atoms with Gasteiger partial charge < -0.3 is 16.5 Å². The maximum atomic E-state index is 12.8. The average Bonchev–Trinajstić information content (AvgIpc) is 2.70. The summed E-state index contributed by atoms with van der Waals surface area (Å²) < 4.78 is 0. The Kier molecular flexibility index (Phi) is 7.67. The molecule has 5 nitrogen and oxygen atoms in total. The third kappa shape index (κ3) is 5.23. The summed E-state index contributed by atoms with van der Waals surface area (Å²) in [6.45, 7) is 9.65. The molecule has 140 valence electrons. The van der Waals surface area contributed by atoms with E-state index < -0.39 is 0 Å². The van der Waals surface area contributed by atoms with E-state index in [1.54, 1.807) is 24.3 Å². The SMILES string of the molecule is C=C/C=C(\C=C)CN(CCN)CNC(=O)c1ccc(C=N)c2ccccc12. The lowest BCUT2D eigenvalue weighted by atomic mass is 9.99. The number of fused-ring (bicyclic) bond motifs is 1. The van der Waals surface area contributed by atoms with Gasteiger partial charge in [0, 0.05) is 31.4 Å². The molecule has 0 aliphatic rings. The van der Waals surface area contributed by atoms with Crippen LogP contribution in [0.2, 0.25) is 0 Å². The molecule has 0 saturated heterocycles. The molecule has 5 heteroatoms. The zero-order chi connectivity index (χ0) is 19.6. The average molecular weight is 362 g/mol. The summed E-state index contributed by atoms with van der Waals surface area (Å²) >= 11 is 0. The van der Waals surface area contributed by atoms with E-state index in [2.05, 4.69) is 18.5 Å². The molecule has 2 rings (SSSR count). The van der Waals surface area contributed by atoms with Gasteiger partial charge in [0.05, 0.1) is 6.67 Å². The van der Waals surface area contributed by atoms with Crippen molar-refractivity contribution >= 4 is 22.9 Å². The lowest BCUT2D eigenvalue weighted by Gasteiger charge is -2.22. The van der Waals surface area contributed by atoms with Crippen molar-refractivity contribution in [3.63, 3.8) is 0 Å². The highest BCUT2D eigenvalue weighted by molar-refractivity contribution is 6.11. The monoisotopic (exact) mass is 362 g/mol. The predicted octanol–water partition coefficient (Wildman–Crippen LogP) is 3.08. The van der Waals surface area contributed by atoms with Gasteiger partial charge >= 0.3 is 0 Å². The Balaban J connectivity index is 2.17. The molecular weight excluding hydrogens is 336 g/mol. The Morgan fingerprint density at radius 1 is 1.19 bits per heavy atom. The van der Waals surface area contributed by atoms with Gasteiger partial charge in [-0.15, -0.1) is 0 Å². The van der Waals surface area contributed by atoms with Crippen molar-refractivity contribution in [1.29, 1.82) is 5.41 Å². The molecule has 0 aliphatic carbocycles. The van der Waals surface area contributed by atoms with Crippen LogP contribution in [0, 0.1) is 5.41 Å². The van der Waals surface area contributed by atoms with Crippen LogP contribution in [0.25, 0.3) is 10.8 Å². The summed E-state index contributed by atoms with van der Waals surface area (Å²) in [5.74, 6) is -0.155. The van der Waals surface area contributed by atoms with Crippen molar-refractivity contribution in [3.8, 4) is 0 Å². The number of amides is 1. The van der Waals surface area contributed by atoms with Crippen molar-refractivity contribution in [2.45, 2.75) is 0 Å². The van der Waals surface area contributed by atoms with Crippen molar-refractivity contribution in [2.75, 3.05) is 26.3 Å². The molecule has 0 heterocycles. The van der Waals surface area contributed by atoms with Gasteiger partial charge in [-0.25, -0.2) is 0 Å². The van der Waals surface area contributed by atoms with Gasteiger partial charge in [-0.05, 0) is 28.0 Å². The smallest absolute Gasteiger partial charge is 0.252 e. The molecule has 0 unspecified atom stereocenters. The van der Waals surface area contributed by atoms with Crippen molar-refractivity contribution in [2.24, 2.45) is 5.73 Å². The van der Waals surface area contributed by atoms with Gasteiger partial charge in [0.25, 0.3) is 5.91 Å². The number of hydrogen-bond acceptors (Lipinski definition) is 4. The largest absolute Gasteiger partial charge is 0.339 e. The molecule has 0 aromatic heterocycles. The Morgan fingerprint density at radius 3 is 2.56 bits per heavy atom. The third-order valence-electron chi connectivity index (χ3n) is 4.27. The number of nitrogens with two attached hydrogens (primary N) is 1. The predicted molar refractivity (Wildman–Crippen MR) is 113 cm³/mol. The van der Waals surface area contributed by atoms with Crippen LogP contribution in [0.4, 0.5) is 0 Å². The molecule has 2 aromatic carbocycles. The fourth-order valence-corrected chi connectivity index (χ4v) is 2.92. The van der Waals surface area contributed by atoms with Crippen LogP contribution < -0.4 is 11.1 Å². The number of rotatable bonds is 10. The van der Waals surface area contributed by atoms with E-state index in [1.165, 1.54) is 6.21 Å². The number of carbonyl (C=O) groups is 1. The number of nitrogens with one attached hydrogen (secondary N) is 2. The summed E-state index contributed by atoms with van der Waals surface area (Å²) in [4.78, 5) is 14.8. The third-order valence-corrected chi connectivity index (χ3v) is 4.27. The molecule has 0 saturated carbocycles. The lowest BCUT2D eigenvalue weighted by Crippen LogP contribution is -2.41. The van der Waals surface area contributed by atoms with E-state index in [4.69, 9.17) is 11.1 Å². The van der Waals surface area contributed by atoms with Crippen LogP contribution in [0.15, 0.2) is 73.4 Å². The van der Waals surface area contributed by atoms with Crippen LogP contribution in [-0.2, 0) is 0 Å². The number of nitrogens with zero attached hydrogens (tertiary/aromatic N) is 1. The van der Waals surface area contributed by atoms with Gasteiger partial charge in [-0.1, -0.05) is 61.7 Å². The molecular formula is C22H26N4O. The van der Waals surface area contributed by atoms with E-state index in [9.17, 15) is 4.79 Å². The highest BCUT2D eigenvalue weighted by Gasteiger charge is 2.13. The normalized spacial score (nSPS) is 11.4. The minimum Gasteiger partial charge on any atom is -0.339 e. The first kappa shape index (κ1) is 20.3. The minimum atomic E-state index is -0.155. The lowest BCUT2D eigenvalue weighted by molar-refractivity contribution is 0.0928. The zero-order valence-electron chi connectivity index (χ0n) is 15.4.